The minimum atomic E-state index is 0.417. The summed E-state index contributed by atoms with van der Waals surface area (Å²) in [6.07, 6.45) is 0. The lowest BCUT2D eigenvalue weighted by atomic mass is 10.1. The summed E-state index contributed by atoms with van der Waals surface area (Å²) in [4.78, 5) is 0. The van der Waals surface area contributed by atoms with Crippen LogP contribution < -0.4 is 4.74 Å². The number of ether oxygens (including phenoxy) is 1. The van der Waals surface area contributed by atoms with Gasteiger partial charge in [-0.05, 0) is 67.3 Å². The van der Waals surface area contributed by atoms with Crippen LogP contribution in [0.3, 0.4) is 0 Å². The van der Waals surface area contributed by atoms with Gasteiger partial charge in [-0.2, -0.15) is 5.26 Å². The Morgan fingerprint density at radius 1 is 1.05 bits per heavy atom. The van der Waals surface area contributed by atoms with Gasteiger partial charge in [0.2, 0.25) is 0 Å². The summed E-state index contributed by atoms with van der Waals surface area (Å²) < 4.78 is 7.64. The van der Waals surface area contributed by atoms with Crippen molar-refractivity contribution in [3.8, 4) is 11.8 Å². The topological polar surface area (TPSA) is 33.0 Å². The van der Waals surface area contributed by atoms with Gasteiger partial charge in [0.1, 0.15) is 12.4 Å². The number of nitriles is 1. The summed E-state index contributed by atoms with van der Waals surface area (Å²) >= 11 is 10.5. The molecule has 5 heteroatoms. The van der Waals surface area contributed by atoms with Gasteiger partial charge in [-0.1, -0.05) is 28.1 Å². The van der Waals surface area contributed by atoms with Crippen molar-refractivity contribution in [2.24, 2.45) is 0 Å². The fourth-order valence-electron chi connectivity index (χ4n) is 1.71. The molecule has 0 radical (unpaired) electrons. The minimum Gasteiger partial charge on any atom is -0.487 e. The highest BCUT2D eigenvalue weighted by atomic mass is 79.9. The van der Waals surface area contributed by atoms with Crippen molar-refractivity contribution in [2.45, 2.75) is 11.9 Å². The lowest BCUT2D eigenvalue weighted by molar-refractivity contribution is 0.302. The van der Waals surface area contributed by atoms with Crippen LogP contribution in [-0.4, -0.2) is 0 Å². The molecule has 0 amide bonds. The lowest BCUT2D eigenvalue weighted by Crippen LogP contribution is -1.98. The summed E-state index contributed by atoms with van der Waals surface area (Å²) in [7, 11) is 0. The average molecular weight is 460 g/mol. The van der Waals surface area contributed by atoms with Gasteiger partial charge in [-0.15, -0.1) is 0 Å². The maximum Gasteiger partial charge on any atom is 0.148 e. The van der Waals surface area contributed by atoms with Crippen molar-refractivity contribution in [1.29, 1.82) is 5.26 Å². The van der Waals surface area contributed by atoms with E-state index in [0.717, 1.165) is 31.2 Å². The van der Waals surface area contributed by atoms with Crippen LogP contribution in [-0.2, 0) is 11.9 Å². The molecule has 0 aliphatic carbocycles. The second-order valence-electron chi connectivity index (χ2n) is 4.12. The summed E-state index contributed by atoms with van der Waals surface area (Å²) in [6, 6.07) is 13.6. The largest absolute Gasteiger partial charge is 0.487 e. The second kappa shape index (κ2) is 7.26. The van der Waals surface area contributed by atoms with Crippen molar-refractivity contribution in [3.05, 3.63) is 62.0 Å². The number of halogens is 3. The molecule has 0 aliphatic rings. The number of hydrogen-bond donors (Lipinski definition) is 0. The molecule has 0 saturated carbocycles. The van der Waals surface area contributed by atoms with E-state index in [1.54, 1.807) is 6.07 Å². The molecule has 0 saturated heterocycles. The van der Waals surface area contributed by atoms with Crippen molar-refractivity contribution >= 4 is 47.8 Å². The molecule has 0 aliphatic heterocycles. The van der Waals surface area contributed by atoms with E-state index in [2.05, 4.69) is 53.9 Å². The fourth-order valence-corrected chi connectivity index (χ4v) is 3.55. The van der Waals surface area contributed by atoms with E-state index in [4.69, 9.17) is 10.00 Å². The lowest BCUT2D eigenvalue weighted by Gasteiger charge is -2.12. The van der Waals surface area contributed by atoms with Gasteiger partial charge >= 0.3 is 0 Å². The normalized spacial score (nSPS) is 10.1. The Morgan fingerprint density at radius 3 is 2.35 bits per heavy atom. The third-order valence-electron chi connectivity index (χ3n) is 2.65. The van der Waals surface area contributed by atoms with Crippen LogP contribution in [0.25, 0.3) is 0 Å². The van der Waals surface area contributed by atoms with Gasteiger partial charge in [-0.3, -0.25) is 0 Å². The van der Waals surface area contributed by atoms with Gasteiger partial charge in [0.15, 0.2) is 0 Å². The van der Waals surface area contributed by atoms with Gasteiger partial charge in [0.05, 0.1) is 20.6 Å². The summed E-state index contributed by atoms with van der Waals surface area (Å²) in [5.74, 6) is 0.761. The van der Waals surface area contributed by atoms with E-state index in [1.807, 2.05) is 30.3 Å². The zero-order chi connectivity index (χ0) is 14.5. The number of hydrogen-bond acceptors (Lipinski definition) is 2. The highest BCUT2D eigenvalue weighted by molar-refractivity contribution is 9.11. The number of rotatable bonds is 4. The first-order valence-corrected chi connectivity index (χ1v) is 8.50. The molecule has 20 heavy (non-hydrogen) atoms. The number of benzene rings is 2. The van der Waals surface area contributed by atoms with Gasteiger partial charge in [0.25, 0.3) is 0 Å². The van der Waals surface area contributed by atoms with Crippen LogP contribution in [0.4, 0.5) is 0 Å². The third-order valence-corrected chi connectivity index (χ3v) is 4.48. The molecule has 0 aromatic heterocycles. The Bertz CT molecular complexity index is 641. The molecule has 0 heterocycles. The molecule has 0 bridgehead atoms. The number of alkyl halides is 1. The van der Waals surface area contributed by atoms with E-state index >= 15 is 0 Å². The van der Waals surface area contributed by atoms with Gasteiger partial charge in [0, 0.05) is 5.33 Å². The molecule has 2 aromatic carbocycles. The van der Waals surface area contributed by atoms with E-state index in [9.17, 15) is 0 Å². The van der Waals surface area contributed by atoms with Crippen LogP contribution in [0, 0.1) is 11.3 Å². The van der Waals surface area contributed by atoms with E-state index < -0.39 is 0 Å². The molecule has 2 aromatic rings. The SMILES string of the molecule is N#Cc1cccc(COc2c(Br)cc(CBr)cc2Br)c1. The van der Waals surface area contributed by atoms with Crippen LogP contribution in [0.2, 0.25) is 0 Å². The molecule has 0 N–H and O–H groups in total. The predicted octanol–water partition coefficient (Wildman–Crippen LogP) is 5.56. The van der Waals surface area contributed by atoms with Gasteiger partial charge < -0.3 is 4.74 Å². The van der Waals surface area contributed by atoms with E-state index in [0.29, 0.717) is 12.2 Å². The molecular formula is C15H10Br3NO. The molecule has 2 rings (SSSR count). The summed E-state index contributed by atoms with van der Waals surface area (Å²) in [5.41, 5.74) is 2.76. The number of nitrogens with zero attached hydrogens (tertiary/aromatic N) is 1. The third kappa shape index (κ3) is 3.85. The Balaban J connectivity index is 2.17. The monoisotopic (exact) mass is 457 g/mol. The molecule has 0 fully saturated rings. The highest BCUT2D eigenvalue weighted by Gasteiger charge is 2.09. The Morgan fingerprint density at radius 2 is 1.75 bits per heavy atom. The van der Waals surface area contributed by atoms with Crippen molar-refractivity contribution in [2.75, 3.05) is 0 Å². The molecule has 2 nitrogen and oxygen atoms in total. The Labute approximate surface area is 143 Å². The van der Waals surface area contributed by atoms with E-state index in [1.165, 1.54) is 0 Å². The zero-order valence-electron chi connectivity index (χ0n) is 10.4. The molecule has 0 atom stereocenters. The van der Waals surface area contributed by atoms with Crippen molar-refractivity contribution in [1.82, 2.24) is 0 Å². The zero-order valence-corrected chi connectivity index (χ0v) is 15.1. The van der Waals surface area contributed by atoms with Crippen molar-refractivity contribution in [3.63, 3.8) is 0 Å². The molecular weight excluding hydrogens is 450 g/mol. The first kappa shape index (κ1) is 15.6. The van der Waals surface area contributed by atoms with Crippen LogP contribution in [0.1, 0.15) is 16.7 Å². The fraction of sp³-hybridized carbons (Fsp3) is 0.133. The molecule has 0 spiro atoms. The molecule has 102 valence electrons. The van der Waals surface area contributed by atoms with E-state index in [-0.39, 0.29) is 0 Å². The summed E-state index contributed by atoms with van der Waals surface area (Å²) in [6.45, 7) is 0.417. The van der Waals surface area contributed by atoms with Crippen LogP contribution >= 0.6 is 47.8 Å². The first-order valence-electron chi connectivity index (χ1n) is 5.79. The average Bonchev–Trinajstić information content (AvgIpc) is 2.46. The highest BCUT2D eigenvalue weighted by Crippen LogP contribution is 2.35. The Kier molecular flexibility index (Phi) is 5.64. The maximum atomic E-state index is 8.88. The minimum absolute atomic E-state index is 0.417. The molecule has 0 unspecified atom stereocenters. The Hall–Kier alpha value is -0.830. The quantitative estimate of drug-likeness (QED) is 0.561. The standard InChI is InChI=1S/C15H10Br3NO/c16-7-12-5-13(17)15(14(18)6-12)20-9-11-3-1-2-10(4-11)8-19/h1-6H,7,9H2. The first-order chi connectivity index (χ1) is 9.63. The maximum absolute atomic E-state index is 8.88. The smallest absolute Gasteiger partial charge is 0.148 e. The van der Waals surface area contributed by atoms with Gasteiger partial charge in [-0.25, -0.2) is 0 Å². The second-order valence-corrected chi connectivity index (χ2v) is 6.39. The summed E-state index contributed by atoms with van der Waals surface area (Å²) in [5, 5.41) is 9.67. The van der Waals surface area contributed by atoms with Crippen LogP contribution in [0.15, 0.2) is 45.3 Å². The van der Waals surface area contributed by atoms with Crippen molar-refractivity contribution < 1.29 is 4.74 Å². The van der Waals surface area contributed by atoms with Crippen LogP contribution in [0.5, 0.6) is 5.75 Å². The predicted molar refractivity (Wildman–Crippen MR) is 90.0 cm³/mol.